The Morgan fingerprint density at radius 1 is 0.609 bits per heavy atom. The molecule has 0 aliphatic carbocycles. The summed E-state index contributed by atoms with van der Waals surface area (Å²) in [6, 6.07) is 20.7. The third-order valence-electron chi connectivity index (χ3n) is 15.4. The van der Waals surface area contributed by atoms with E-state index in [1.54, 1.807) is 6.82 Å². The number of amides is 9. The highest BCUT2D eigenvalue weighted by Gasteiger charge is 2.43. The molecular formula is C60H76B2F2N10O13. The molecule has 0 spiro atoms. The maximum Gasteiger partial charge on any atom is 0.376 e. The van der Waals surface area contributed by atoms with Crippen molar-refractivity contribution in [2.24, 2.45) is 0 Å². The molecule has 0 aromatic heterocycles. The lowest BCUT2D eigenvalue weighted by molar-refractivity contribution is -0.138. The molecule has 0 bridgehead atoms. The summed E-state index contributed by atoms with van der Waals surface area (Å²) < 4.78 is 36.6. The van der Waals surface area contributed by atoms with Gasteiger partial charge < -0.3 is 66.6 Å². The highest BCUT2D eigenvalue weighted by atomic mass is 19.1. The zero-order valence-corrected chi connectivity index (χ0v) is 49.6. The Morgan fingerprint density at radius 2 is 1.01 bits per heavy atom. The summed E-state index contributed by atoms with van der Waals surface area (Å²) in [4.78, 5) is 105. The van der Waals surface area contributed by atoms with Crippen molar-refractivity contribution in [3.05, 3.63) is 153 Å². The van der Waals surface area contributed by atoms with Crippen LogP contribution in [0.1, 0.15) is 111 Å². The van der Waals surface area contributed by atoms with Crippen LogP contribution in [0.25, 0.3) is 0 Å². The molecule has 464 valence electrons. The minimum atomic E-state index is -1.14. The number of urea groups is 4. The number of allylic oxidation sites excluding steroid dienone is 2. The summed E-state index contributed by atoms with van der Waals surface area (Å²) in [6.07, 6.45) is 4.49. The number of nitrogens with two attached hydrogens (primary N) is 1. The Morgan fingerprint density at radius 3 is 1.40 bits per heavy atom. The van der Waals surface area contributed by atoms with E-state index in [4.69, 9.17) is 20.3 Å². The number of carboxylic acids is 1. The fraction of sp³-hybridized carbons (Fsp3) is 0.400. The summed E-state index contributed by atoms with van der Waals surface area (Å²) in [5, 5.41) is 40.9. The molecule has 0 radical (unpaired) electrons. The van der Waals surface area contributed by atoms with Crippen LogP contribution in [0, 0.1) is 11.6 Å². The number of carbonyl (C=O) groups is 8. The summed E-state index contributed by atoms with van der Waals surface area (Å²) in [6.45, 7) is 10.3. The number of rotatable bonds is 17. The van der Waals surface area contributed by atoms with Gasteiger partial charge in [0, 0.05) is 48.7 Å². The Hall–Kier alpha value is -8.65. The molecule has 23 nitrogen and oxygen atoms in total. The van der Waals surface area contributed by atoms with Crippen LogP contribution < -0.4 is 32.3 Å². The maximum absolute atomic E-state index is 13.6. The number of nitrogens with one attached hydrogen (secondary N) is 5. The molecule has 10 N–H and O–H groups in total. The number of nitrogen functional groups attached to an aromatic ring is 1. The van der Waals surface area contributed by atoms with Gasteiger partial charge in [-0.15, -0.1) is 0 Å². The van der Waals surface area contributed by atoms with Crippen LogP contribution in [0.4, 0.5) is 39.3 Å². The van der Waals surface area contributed by atoms with E-state index < -0.39 is 72.8 Å². The number of ether oxygens (including phenoxy) is 2. The van der Waals surface area contributed by atoms with Crippen LogP contribution in [-0.4, -0.2) is 150 Å². The molecule has 2 fully saturated rings. The van der Waals surface area contributed by atoms with Crippen molar-refractivity contribution in [1.29, 1.82) is 0 Å². The van der Waals surface area contributed by atoms with Gasteiger partial charge >= 0.3 is 56.1 Å². The lowest BCUT2D eigenvalue weighted by atomic mass is 9.79. The van der Waals surface area contributed by atoms with E-state index >= 15 is 0 Å². The Balaban J connectivity index is 0.000000233. The number of imide groups is 2. The van der Waals surface area contributed by atoms with Crippen LogP contribution in [-0.2, 0) is 28.7 Å². The van der Waals surface area contributed by atoms with Crippen molar-refractivity contribution in [1.82, 2.24) is 40.7 Å². The van der Waals surface area contributed by atoms with Crippen molar-refractivity contribution in [3.63, 3.8) is 0 Å². The van der Waals surface area contributed by atoms with Gasteiger partial charge in [0.15, 0.2) is 0 Å². The van der Waals surface area contributed by atoms with Crippen molar-refractivity contribution in [3.8, 4) is 0 Å². The SMILES string of the molecule is CB(O)N1CCC(c2cccc(N)c2)CC1.COC(=O)C1=C(C)NC(=O)N(C(=O)NCCCC(=O)Nc2cccc(C3CCN(B(C)O)CC3)c2)C1c1ccc(F)cc1.COC(=O)C1=C(C)NC(=O)N(C(=O)NCCCC(=O)O)C1c1ccc(F)cc1. The highest BCUT2D eigenvalue weighted by Crippen LogP contribution is 2.37. The minimum Gasteiger partial charge on any atom is -0.481 e. The summed E-state index contributed by atoms with van der Waals surface area (Å²) >= 11 is 0. The van der Waals surface area contributed by atoms with Crippen molar-refractivity contribution < 1.29 is 71.8 Å². The number of aliphatic carboxylic acids is 1. The van der Waals surface area contributed by atoms with Crippen molar-refractivity contribution in [2.75, 3.05) is 64.5 Å². The molecule has 4 aromatic carbocycles. The number of nitrogens with zero attached hydrogens (tertiary/aromatic N) is 4. The fourth-order valence-electron chi connectivity index (χ4n) is 10.7. The quantitative estimate of drug-likeness (QED) is 0.0218. The smallest absolute Gasteiger partial charge is 0.376 e. The van der Waals surface area contributed by atoms with Gasteiger partial charge in [0.25, 0.3) is 0 Å². The Labute approximate surface area is 504 Å². The largest absolute Gasteiger partial charge is 0.481 e. The van der Waals surface area contributed by atoms with Gasteiger partial charge in [0.2, 0.25) is 5.91 Å². The molecule has 9 amide bonds. The predicted molar refractivity (Wildman–Crippen MR) is 322 cm³/mol. The number of anilines is 2. The lowest BCUT2D eigenvalue weighted by Crippen LogP contribution is -2.54. The third kappa shape index (κ3) is 18.7. The average molecular weight is 1200 g/mol. The number of esters is 2. The molecule has 0 saturated carbocycles. The third-order valence-corrected chi connectivity index (χ3v) is 15.4. The van der Waals surface area contributed by atoms with Gasteiger partial charge in [-0.1, -0.05) is 48.5 Å². The molecule has 2 saturated heterocycles. The van der Waals surface area contributed by atoms with Crippen molar-refractivity contribution in [2.45, 2.75) is 103 Å². The molecule has 4 aromatic rings. The van der Waals surface area contributed by atoms with Gasteiger partial charge in [0.05, 0.1) is 25.4 Å². The predicted octanol–water partition coefficient (Wildman–Crippen LogP) is 7.23. The number of hydrogen-bond acceptors (Lipinski definition) is 15. The molecule has 87 heavy (non-hydrogen) atoms. The highest BCUT2D eigenvalue weighted by molar-refractivity contribution is 6.45. The van der Waals surface area contributed by atoms with E-state index in [1.165, 1.54) is 62.9 Å². The number of carbonyl (C=O) groups excluding carboxylic acids is 7. The molecule has 2 atom stereocenters. The first-order valence-corrected chi connectivity index (χ1v) is 28.7. The monoisotopic (exact) mass is 1200 g/mol. The van der Waals surface area contributed by atoms with Gasteiger partial charge in [0.1, 0.15) is 23.7 Å². The van der Waals surface area contributed by atoms with Gasteiger partial charge in [-0.3, -0.25) is 9.59 Å². The van der Waals surface area contributed by atoms with E-state index in [-0.39, 0.29) is 67.8 Å². The number of piperidine rings is 2. The van der Waals surface area contributed by atoms with Crippen LogP contribution in [0.15, 0.2) is 120 Å². The normalized spacial score (nSPS) is 17.5. The molecular weight excluding hydrogens is 1130 g/mol. The zero-order chi connectivity index (χ0) is 63.5. The standard InChI is InChI=1S/C30H37BFN5O6.C18H20FN3O6.C12H19BN2O/c1-19-26(28(39)43-3)27(21-9-11-23(32)12-10-21)37(30(41)34-19)29(40)33-15-5-8-25(38)35-24-7-4-6-22(18-24)20-13-16-36(17-14-20)31(2)42;1-10-14(16(25)28-2)15(11-5-7-12(19)8-6-11)22(18(27)21-10)17(26)20-9-3-4-13(23)24;1-13(16)15-7-5-10(6-8-15)11-3-2-4-12(14)9-11/h4,6-7,9-12,18,20,27,42H,5,8,13-17H2,1-3H3,(H,33,40)(H,34,41)(H,35,38);5-8,15H,3-4,9H2,1-2H3,(H,20,26)(H,21,27)(H,23,24);2-4,9-10,16H,5-8,14H2,1H3. The second kappa shape index (κ2) is 32.2. The molecule has 4 heterocycles. The number of benzene rings is 4. The Bertz CT molecular complexity index is 3160. The van der Waals surface area contributed by atoms with Gasteiger partial charge in [-0.25, -0.2) is 47.3 Å². The topological polar surface area (TPSA) is 315 Å². The molecule has 27 heteroatoms. The van der Waals surface area contributed by atoms with Gasteiger partial charge in [-0.05, 0) is 175 Å². The molecule has 4 aliphatic heterocycles. The van der Waals surface area contributed by atoms with Crippen molar-refractivity contribution >= 4 is 73.4 Å². The number of methoxy groups -OCH3 is 2. The molecule has 2 unspecified atom stereocenters. The Kier molecular flexibility index (Phi) is 25.0. The first-order valence-electron chi connectivity index (χ1n) is 28.7. The van der Waals surface area contributed by atoms with Crippen LogP contribution >= 0.6 is 0 Å². The molecule has 4 aliphatic rings. The first-order chi connectivity index (χ1) is 41.5. The van der Waals surface area contributed by atoms with Crippen LogP contribution in [0.5, 0.6) is 0 Å². The van der Waals surface area contributed by atoms with E-state index in [0.717, 1.165) is 92.2 Å². The maximum atomic E-state index is 13.6. The first kappa shape index (κ1) is 67.5. The fourth-order valence-corrected chi connectivity index (χ4v) is 10.7. The summed E-state index contributed by atoms with van der Waals surface area (Å²) in [5.41, 5.74) is 11.0. The zero-order valence-electron chi connectivity index (χ0n) is 49.6. The van der Waals surface area contributed by atoms with E-state index in [0.29, 0.717) is 35.1 Å². The second-order valence-corrected chi connectivity index (χ2v) is 21.4. The minimum absolute atomic E-state index is 0.0152. The second-order valence-electron chi connectivity index (χ2n) is 21.4. The lowest BCUT2D eigenvalue weighted by Gasteiger charge is -2.36. The number of hydrogen-bond donors (Lipinski definition) is 9. The van der Waals surface area contributed by atoms with Crippen LogP contribution in [0.3, 0.4) is 0 Å². The average Bonchev–Trinajstić information content (AvgIpc) is 0.858. The van der Waals surface area contributed by atoms with E-state index in [9.17, 15) is 57.2 Å². The number of halogens is 2. The van der Waals surface area contributed by atoms with Gasteiger partial charge in [-0.2, -0.15) is 0 Å². The number of carboxylic acid groups (broad SMARTS) is 1. The summed E-state index contributed by atoms with van der Waals surface area (Å²) in [5.74, 6) is -2.81. The van der Waals surface area contributed by atoms with E-state index in [2.05, 4.69) is 43.5 Å². The molecule has 8 rings (SSSR count). The summed E-state index contributed by atoms with van der Waals surface area (Å²) in [7, 11) is 1.58. The van der Waals surface area contributed by atoms with Crippen LogP contribution in [0.2, 0.25) is 13.6 Å². The van der Waals surface area contributed by atoms with E-state index in [1.807, 2.05) is 48.0 Å².